The molecule has 10 heteroatoms. The van der Waals surface area contributed by atoms with Crippen LogP contribution >= 0.6 is 0 Å². The van der Waals surface area contributed by atoms with E-state index in [2.05, 4.69) is 20.5 Å². The van der Waals surface area contributed by atoms with Crippen molar-refractivity contribution < 1.29 is 23.1 Å². The third kappa shape index (κ3) is 4.48. The number of carbonyl (C=O) groups excluding carboxylic acids is 2. The first-order valence-electron chi connectivity index (χ1n) is 9.93. The van der Waals surface area contributed by atoms with Crippen molar-refractivity contribution in [2.24, 2.45) is 11.8 Å². The summed E-state index contributed by atoms with van der Waals surface area (Å²) in [6.45, 7) is 2.27. The van der Waals surface area contributed by atoms with Gasteiger partial charge in [-0.25, -0.2) is 13.5 Å². The summed E-state index contributed by atoms with van der Waals surface area (Å²) in [5.74, 6) is -2.18. The van der Waals surface area contributed by atoms with Crippen LogP contribution in [0.4, 0.5) is 8.78 Å². The van der Waals surface area contributed by atoms with Crippen LogP contribution in [0, 0.1) is 23.5 Å². The number of ether oxygens (including phenoxy) is 1. The molecule has 1 aromatic carbocycles. The Hall–Kier alpha value is -2.88. The van der Waals surface area contributed by atoms with Gasteiger partial charge in [-0.2, -0.15) is 0 Å². The van der Waals surface area contributed by atoms with E-state index in [9.17, 15) is 18.4 Å². The minimum absolute atomic E-state index is 0.0243. The van der Waals surface area contributed by atoms with Crippen molar-refractivity contribution >= 4 is 11.9 Å². The fourth-order valence-electron chi connectivity index (χ4n) is 3.81. The van der Waals surface area contributed by atoms with Crippen molar-refractivity contribution in [1.29, 1.82) is 0 Å². The van der Waals surface area contributed by atoms with Gasteiger partial charge < -0.3 is 15.0 Å². The molecule has 2 fully saturated rings. The molecule has 4 rings (SSSR count). The van der Waals surface area contributed by atoms with Crippen LogP contribution in [0.15, 0.2) is 24.4 Å². The molecule has 8 nitrogen and oxygen atoms in total. The summed E-state index contributed by atoms with van der Waals surface area (Å²) in [6, 6.07) is 2.64. The lowest BCUT2D eigenvalue weighted by atomic mass is 9.91. The molecule has 1 amide bonds. The van der Waals surface area contributed by atoms with Crippen molar-refractivity contribution in [3.8, 4) is 5.69 Å². The molecule has 2 unspecified atom stereocenters. The van der Waals surface area contributed by atoms with Crippen LogP contribution in [0.5, 0.6) is 0 Å². The van der Waals surface area contributed by atoms with Gasteiger partial charge in [0.05, 0.1) is 19.2 Å². The molecule has 1 aliphatic carbocycles. The average Bonchev–Trinajstić information content (AvgIpc) is 3.40. The van der Waals surface area contributed by atoms with Crippen molar-refractivity contribution in [2.45, 2.75) is 25.3 Å². The van der Waals surface area contributed by atoms with E-state index >= 15 is 0 Å². The van der Waals surface area contributed by atoms with Gasteiger partial charge in [0.1, 0.15) is 11.5 Å². The Bertz CT molecular complexity index is 946. The molecular formula is C20H23F2N5O3. The van der Waals surface area contributed by atoms with E-state index in [4.69, 9.17) is 4.74 Å². The molecule has 1 saturated carbocycles. The van der Waals surface area contributed by atoms with E-state index < -0.39 is 29.5 Å². The summed E-state index contributed by atoms with van der Waals surface area (Å²) >= 11 is 0. The van der Waals surface area contributed by atoms with Crippen molar-refractivity contribution in [2.75, 3.05) is 26.7 Å². The van der Waals surface area contributed by atoms with Gasteiger partial charge in [0, 0.05) is 31.7 Å². The molecule has 2 heterocycles. The molecule has 2 atom stereocenters. The normalized spacial score (nSPS) is 22.0. The molecule has 1 aliphatic heterocycles. The Morgan fingerprint density at radius 1 is 1.27 bits per heavy atom. The zero-order valence-corrected chi connectivity index (χ0v) is 16.6. The van der Waals surface area contributed by atoms with Crippen LogP contribution in [-0.4, -0.2) is 64.6 Å². The van der Waals surface area contributed by atoms with Gasteiger partial charge in [-0.3, -0.25) is 9.59 Å². The number of halogens is 2. The van der Waals surface area contributed by atoms with Crippen LogP contribution in [0.3, 0.4) is 0 Å². The molecule has 1 N–H and O–H groups in total. The number of carbonyl (C=O) groups is 2. The number of esters is 1. The van der Waals surface area contributed by atoms with Crippen LogP contribution in [0.1, 0.15) is 29.8 Å². The van der Waals surface area contributed by atoms with Crippen molar-refractivity contribution in [3.05, 3.63) is 41.7 Å². The third-order valence-electron chi connectivity index (χ3n) is 5.61. The van der Waals surface area contributed by atoms with E-state index in [1.54, 1.807) is 0 Å². The van der Waals surface area contributed by atoms with E-state index in [0.717, 1.165) is 29.9 Å². The highest BCUT2D eigenvalue weighted by molar-refractivity contribution is 5.92. The number of piperidine rings is 1. The van der Waals surface area contributed by atoms with Crippen LogP contribution in [0.25, 0.3) is 5.69 Å². The summed E-state index contributed by atoms with van der Waals surface area (Å²) in [4.78, 5) is 27.2. The maximum atomic E-state index is 13.9. The highest BCUT2D eigenvalue weighted by Gasteiger charge is 2.38. The van der Waals surface area contributed by atoms with Gasteiger partial charge in [-0.05, 0) is 37.3 Å². The van der Waals surface area contributed by atoms with Gasteiger partial charge in [0.15, 0.2) is 11.5 Å². The second kappa shape index (κ2) is 8.47. The van der Waals surface area contributed by atoms with Crippen LogP contribution in [-0.2, 0) is 9.53 Å². The lowest BCUT2D eigenvalue weighted by Crippen LogP contribution is -2.54. The lowest BCUT2D eigenvalue weighted by molar-refractivity contribution is -0.148. The second-order valence-corrected chi connectivity index (χ2v) is 7.85. The number of aromatic nitrogens is 3. The van der Waals surface area contributed by atoms with Crippen molar-refractivity contribution in [3.63, 3.8) is 0 Å². The predicted molar refractivity (Wildman–Crippen MR) is 102 cm³/mol. The first-order valence-corrected chi connectivity index (χ1v) is 9.93. The molecule has 0 bridgehead atoms. The highest BCUT2D eigenvalue weighted by Crippen LogP contribution is 2.31. The third-order valence-corrected chi connectivity index (χ3v) is 5.61. The highest BCUT2D eigenvalue weighted by atomic mass is 19.1. The Labute approximate surface area is 172 Å². The zero-order valence-electron chi connectivity index (χ0n) is 16.6. The van der Waals surface area contributed by atoms with Gasteiger partial charge in [0.25, 0.3) is 5.91 Å². The minimum atomic E-state index is -0.819. The molecule has 1 saturated heterocycles. The first kappa shape index (κ1) is 20.4. The number of methoxy groups -OCH3 is 1. The van der Waals surface area contributed by atoms with Gasteiger partial charge in [-0.1, -0.05) is 5.21 Å². The smallest absolute Gasteiger partial charge is 0.312 e. The number of hydrogen-bond donors (Lipinski definition) is 1. The second-order valence-electron chi connectivity index (χ2n) is 7.85. The SMILES string of the molecule is COC(=O)C1CN(CC2CC2)CCC1NC(=O)c1cn(-c2ccc(F)cc2F)nn1. The van der Waals surface area contributed by atoms with Crippen LogP contribution in [0.2, 0.25) is 0 Å². The van der Waals surface area contributed by atoms with E-state index in [0.29, 0.717) is 18.9 Å². The number of nitrogens with one attached hydrogen (secondary N) is 1. The fraction of sp³-hybridized carbons (Fsp3) is 0.500. The summed E-state index contributed by atoms with van der Waals surface area (Å²) in [5, 5.41) is 10.4. The molecule has 1 aromatic heterocycles. The molecule has 0 spiro atoms. The predicted octanol–water partition coefficient (Wildman–Crippen LogP) is 1.55. The van der Waals surface area contributed by atoms with E-state index in [-0.39, 0.29) is 17.4 Å². The summed E-state index contributed by atoms with van der Waals surface area (Å²) in [7, 11) is 1.34. The fourth-order valence-corrected chi connectivity index (χ4v) is 3.81. The van der Waals surface area contributed by atoms with Crippen LogP contribution < -0.4 is 5.32 Å². The summed E-state index contributed by atoms with van der Waals surface area (Å²) in [6.07, 6.45) is 4.33. The lowest BCUT2D eigenvalue weighted by Gasteiger charge is -2.37. The maximum Gasteiger partial charge on any atom is 0.312 e. The number of benzene rings is 1. The number of nitrogens with zero attached hydrogens (tertiary/aromatic N) is 4. The van der Waals surface area contributed by atoms with E-state index in [1.807, 2.05) is 0 Å². The minimum Gasteiger partial charge on any atom is -0.469 e. The topological polar surface area (TPSA) is 89.4 Å². The number of amides is 1. The average molecular weight is 419 g/mol. The zero-order chi connectivity index (χ0) is 21.3. The Morgan fingerprint density at radius 2 is 2.07 bits per heavy atom. The summed E-state index contributed by atoms with van der Waals surface area (Å²) < 4.78 is 33.1. The van der Waals surface area contributed by atoms with Gasteiger partial charge in [-0.15, -0.1) is 5.10 Å². The van der Waals surface area contributed by atoms with Crippen molar-refractivity contribution in [1.82, 2.24) is 25.2 Å². The Kier molecular flexibility index (Phi) is 5.76. The Balaban J connectivity index is 1.44. The Morgan fingerprint density at radius 3 is 2.77 bits per heavy atom. The first-order chi connectivity index (χ1) is 14.4. The molecule has 2 aromatic rings. The monoisotopic (exact) mass is 419 g/mol. The molecule has 0 radical (unpaired) electrons. The number of hydrogen-bond acceptors (Lipinski definition) is 6. The summed E-state index contributed by atoms with van der Waals surface area (Å²) in [5.41, 5.74) is -0.0495. The largest absolute Gasteiger partial charge is 0.469 e. The van der Waals surface area contributed by atoms with Gasteiger partial charge >= 0.3 is 5.97 Å². The molecule has 2 aliphatic rings. The standard InChI is InChI=1S/C20H23F2N5O3/c1-30-20(29)14-10-26(9-12-2-3-12)7-6-16(14)23-19(28)17-11-27(25-24-17)18-5-4-13(21)8-15(18)22/h4-5,8,11-12,14,16H,2-3,6-7,9-10H2,1H3,(H,23,28). The quantitative estimate of drug-likeness (QED) is 0.715. The maximum absolute atomic E-state index is 13.9. The molecule has 30 heavy (non-hydrogen) atoms. The molecule has 160 valence electrons. The number of rotatable bonds is 6. The van der Waals surface area contributed by atoms with E-state index in [1.165, 1.54) is 32.2 Å². The molecular weight excluding hydrogens is 396 g/mol. The van der Waals surface area contributed by atoms with Gasteiger partial charge in [0.2, 0.25) is 0 Å². The number of likely N-dealkylation sites (tertiary alicyclic amines) is 1.